The lowest BCUT2D eigenvalue weighted by molar-refractivity contribution is -0.122. The first-order valence-corrected chi connectivity index (χ1v) is 11.0. The van der Waals surface area contributed by atoms with Gasteiger partial charge in [0, 0.05) is 33.3 Å². The minimum absolute atomic E-state index is 0.0456. The number of amides is 2. The summed E-state index contributed by atoms with van der Waals surface area (Å²) in [5, 5.41) is 2.90. The number of hydrogen-bond donors (Lipinski definition) is 1. The van der Waals surface area contributed by atoms with Gasteiger partial charge in [-0.25, -0.2) is 0 Å². The second-order valence-corrected chi connectivity index (χ2v) is 8.78. The van der Waals surface area contributed by atoms with E-state index in [2.05, 4.69) is 37.2 Å². The highest BCUT2D eigenvalue weighted by Crippen LogP contribution is 2.28. The highest BCUT2D eigenvalue weighted by molar-refractivity contribution is 9.10. The average molecular weight is 530 g/mol. The molecule has 152 valence electrons. The fourth-order valence-electron chi connectivity index (χ4n) is 3.24. The molecule has 0 bridgehead atoms. The van der Waals surface area contributed by atoms with Crippen molar-refractivity contribution >= 4 is 55.0 Å². The maximum absolute atomic E-state index is 12.7. The van der Waals surface area contributed by atoms with Gasteiger partial charge in [0.1, 0.15) is 11.5 Å². The van der Waals surface area contributed by atoms with Gasteiger partial charge in [-0.15, -0.1) is 0 Å². The number of hydrogen-bond acceptors (Lipinski definition) is 3. The maximum atomic E-state index is 12.7. The third-order valence-corrected chi connectivity index (χ3v) is 5.86. The molecule has 4 rings (SSSR count). The molecule has 3 aromatic rings. The Morgan fingerprint density at radius 1 is 0.867 bits per heavy atom. The van der Waals surface area contributed by atoms with E-state index in [4.69, 9.17) is 4.74 Å². The Bertz CT molecular complexity index is 1050. The molecular weight excluding hydrogens is 512 g/mol. The molecule has 0 aromatic heterocycles. The zero-order valence-corrected chi connectivity index (χ0v) is 19.0. The fourth-order valence-corrected chi connectivity index (χ4v) is 3.77. The first-order chi connectivity index (χ1) is 14.5. The van der Waals surface area contributed by atoms with Crippen LogP contribution in [0.3, 0.4) is 0 Å². The predicted molar refractivity (Wildman–Crippen MR) is 124 cm³/mol. The van der Waals surface area contributed by atoms with E-state index in [1.165, 1.54) is 0 Å². The molecule has 7 heteroatoms. The molecule has 1 N–H and O–H groups in total. The van der Waals surface area contributed by atoms with Crippen molar-refractivity contribution in [3.63, 3.8) is 0 Å². The molecule has 0 spiro atoms. The Morgan fingerprint density at radius 2 is 1.40 bits per heavy atom. The van der Waals surface area contributed by atoms with Gasteiger partial charge in [0.05, 0.1) is 5.92 Å². The molecule has 0 aliphatic carbocycles. The Morgan fingerprint density at radius 3 is 2.00 bits per heavy atom. The summed E-state index contributed by atoms with van der Waals surface area (Å²) in [5.41, 5.74) is 1.46. The van der Waals surface area contributed by atoms with E-state index in [-0.39, 0.29) is 24.2 Å². The molecule has 1 aliphatic rings. The van der Waals surface area contributed by atoms with E-state index in [0.29, 0.717) is 18.0 Å². The molecule has 30 heavy (non-hydrogen) atoms. The smallest absolute Gasteiger partial charge is 0.229 e. The Kier molecular flexibility index (Phi) is 6.20. The second-order valence-electron chi connectivity index (χ2n) is 6.95. The summed E-state index contributed by atoms with van der Waals surface area (Å²) in [4.78, 5) is 26.7. The number of anilines is 2. The van der Waals surface area contributed by atoms with Crippen LogP contribution < -0.4 is 15.0 Å². The molecular formula is C23H18Br2N2O3. The minimum Gasteiger partial charge on any atom is -0.457 e. The van der Waals surface area contributed by atoms with Crippen LogP contribution in [0.4, 0.5) is 11.4 Å². The molecule has 1 saturated heterocycles. The van der Waals surface area contributed by atoms with Gasteiger partial charge < -0.3 is 15.0 Å². The highest BCUT2D eigenvalue weighted by Gasteiger charge is 2.35. The number of carbonyl (C=O) groups is 2. The summed E-state index contributed by atoms with van der Waals surface area (Å²) in [6.45, 7) is 0.372. The normalized spacial score (nSPS) is 15.9. The monoisotopic (exact) mass is 528 g/mol. The van der Waals surface area contributed by atoms with Crippen LogP contribution in [0.25, 0.3) is 0 Å². The molecule has 5 nitrogen and oxygen atoms in total. The molecule has 1 heterocycles. The molecule has 0 saturated carbocycles. The zero-order valence-electron chi connectivity index (χ0n) is 15.8. The molecule has 0 unspecified atom stereocenters. The van der Waals surface area contributed by atoms with Crippen molar-refractivity contribution < 1.29 is 14.3 Å². The summed E-state index contributed by atoms with van der Waals surface area (Å²) in [6.07, 6.45) is 0.201. The van der Waals surface area contributed by atoms with Crippen LogP contribution in [0.1, 0.15) is 6.42 Å². The van der Waals surface area contributed by atoms with Crippen molar-refractivity contribution in [2.75, 3.05) is 16.8 Å². The van der Waals surface area contributed by atoms with Gasteiger partial charge >= 0.3 is 0 Å². The summed E-state index contributed by atoms with van der Waals surface area (Å²) in [7, 11) is 0. The van der Waals surface area contributed by atoms with Crippen molar-refractivity contribution in [1.29, 1.82) is 0 Å². The molecule has 2 amide bonds. The lowest BCUT2D eigenvalue weighted by atomic mass is 10.1. The predicted octanol–water partition coefficient (Wildman–Crippen LogP) is 6.00. The largest absolute Gasteiger partial charge is 0.457 e. The van der Waals surface area contributed by atoms with E-state index in [9.17, 15) is 9.59 Å². The van der Waals surface area contributed by atoms with Gasteiger partial charge in [0.2, 0.25) is 11.8 Å². The van der Waals surface area contributed by atoms with Crippen LogP contribution in [-0.2, 0) is 9.59 Å². The number of ether oxygens (including phenoxy) is 1. The van der Waals surface area contributed by atoms with Crippen molar-refractivity contribution in [2.24, 2.45) is 5.92 Å². The Balaban J connectivity index is 1.36. The van der Waals surface area contributed by atoms with Crippen LogP contribution in [0, 0.1) is 5.92 Å². The molecule has 1 fully saturated rings. The van der Waals surface area contributed by atoms with Gasteiger partial charge in [-0.2, -0.15) is 0 Å². The van der Waals surface area contributed by atoms with E-state index >= 15 is 0 Å². The van der Waals surface area contributed by atoms with Crippen LogP contribution in [0.15, 0.2) is 81.7 Å². The van der Waals surface area contributed by atoms with Gasteiger partial charge in [-0.05, 0) is 72.8 Å². The van der Waals surface area contributed by atoms with Crippen molar-refractivity contribution in [3.8, 4) is 11.5 Å². The molecule has 3 aromatic carbocycles. The van der Waals surface area contributed by atoms with Gasteiger partial charge in [-0.3, -0.25) is 9.59 Å². The molecule has 1 aliphatic heterocycles. The number of carbonyl (C=O) groups excluding carboxylic acids is 2. The fraction of sp³-hybridized carbons (Fsp3) is 0.130. The molecule has 0 radical (unpaired) electrons. The van der Waals surface area contributed by atoms with Gasteiger partial charge in [0.15, 0.2) is 0 Å². The number of nitrogens with zero attached hydrogens (tertiary/aromatic N) is 1. The standard InChI is InChI=1S/C23H18Br2N2O3/c24-16-1-7-19(8-2-16)27-14-15(13-22(27)28)23(29)26-18-5-11-21(12-6-18)30-20-9-3-17(25)4-10-20/h1-12,15H,13-14H2,(H,26,29)/t15-/m0/s1. The number of halogens is 2. The number of rotatable bonds is 5. The minimum atomic E-state index is -0.389. The highest BCUT2D eigenvalue weighted by atomic mass is 79.9. The summed E-state index contributed by atoms with van der Waals surface area (Å²) in [6, 6.07) is 22.2. The molecule has 1 atom stereocenters. The van der Waals surface area contributed by atoms with E-state index in [1.54, 1.807) is 29.2 Å². The van der Waals surface area contributed by atoms with E-state index in [1.807, 2.05) is 48.5 Å². The van der Waals surface area contributed by atoms with Gasteiger partial charge in [-0.1, -0.05) is 31.9 Å². The first kappa shape index (κ1) is 20.6. The van der Waals surface area contributed by atoms with Crippen molar-refractivity contribution in [1.82, 2.24) is 0 Å². The zero-order chi connectivity index (χ0) is 21.1. The van der Waals surface area contributed by atoms with E-state index < -0.39 is 0 Å². The van der Waals surface area contributed by atoms with Crippen LogP contribution in [0.5, 0.6) is 11.5 Å². The third kappa shape index (κ3) is 4.91. The second kappa shape index (κ2) is 9.02. The summed E-state index contributed by atoms with van der Waals surface area (Å²) in [5.74, 6) is 0.806. The van der Waals surface area contributed by atoms with Crippen LogP contribution >= 0.6 is 31.9 Å². The SMILES string of the molecule is O=C(Nc1ccc(Oc2ccc(Br)cc2)cc1)[C@H]1CC(=O)N(c2ccc(Br)cc2)C1. The quantitative estimate of drug-likeness (QED) is 0.441. The summed E-state index contributed by atoms with van der Waals surface area (Å²) >= 11 is 6.78. The number of benzene rings is 3. The van der Waals surface area contributed by atoms with Crippen LogP contribution in [-0.4, -0.2) is 18.4 Å². The average Bonchev–Trinajstić information content (AvgIpc) is 3.13. The lowest BCUT2D eigenvalue weighted by Gasteiger charge is -2.17. The first-order valence-electron chi connectivity index (χ1n) is 9.38. The Labute approximate surface area is 191 Å². The topological polar surface area (TPSA) is 58.6 Å². The van der Waals surface area contributed by atoms with Crippen LogP contribution in [0.2, 0.25) is 0 Å². The van der Waals surface area contributed by atoms with E-state index in [0.717, 1.165) is 20.4 Å². The maximum Gasteiger partial charge on any atom is 0.229 e. The Hall–Kier alpha value is -2.64. The third-order valence-electron chi connectivity index (χ3n) is 4.81. The number of nitrogens with one attached hydrogen (secondary N) is 1. The van der Waals surface area contributed by atoms with Gasteiger partial charge in [0.25, 0.3) is 0 Å². The summed E-state index contributed by atoms with van der Waals surface area (Å²) < 4.78 is 7.72. The van der Waals surface area contributed by atoms with Crippen molar-refractivity contribution in [2.45, 2.75) is 6.42 Å². The lowest BCUT2D eigenvalue weighted by Crippen LogP contribution is -2.28. The van der Waals surface area contributed by atoms with Crippen molar-refractivity contribution in [3.05, 3.63) is 81.7 Å².